The normalized spacial score (nSPS) is 18.4. The Labute approximate surface area is 265 Å². The Morgan fingerprint density at radius 2 is 1.40 bits per heavy atom. The number of benzene rings is 2. The van der Waals surface area contributed by atoms with Gasteiger partial charge in [0.05, 0.1) is 15.3 Å². The van der Waals surface area contributed by atoms with Crippen LogP contribution in [0.2, 0.25) is 0 Å². The molecule has 0 radical (unpaired) electrons. The molecule has 2 aliphatic rings. The van der Waals surface area contributed by atoms with Crippen LogP contribution in [0.1, 0.15) is 57.6 Å². The van der Waals surface area contributed by atoms with E-state index in [-0.39, 0.29) is 11.5 Å². The van der Waals surface area contributed by atoms with E-state index in [2.05, 4.69) is 80.3 Å². The lowest BCUT2D eigenvalue weighted by Crippen LogP contribution is -2.34. The van der Waals surface area contributed by atoms with Gasteiger partial charge in [-0.1, -0.05) is 123 Å². The summed E-state index contributed by atoms with van der Waals surface area (Å²) in [5, 5.41) is 1.07. The summed E-state index contributed by atoms with van der Waals surface area (Å²) in [4.78, 5) is 32.9. The first-order chi connectivity index (χ1) is 20.5. The number of allylic oxidation sites excluding steroid dienone is 1. The van der Waals surface area contributed by atoms with Crippen molar-refractivity contribution in [3.63, 3.8) is 0 Å². The van der Waals surface area contributed by atoms with Crippen molar-refractivity contribution in [2.75, 3.05) is 13.1 Å². The molecule has 0 unspecified atom stereocenters. The van der Waals surface area contributed by atoms with Crippen molar-refractivity contribution in [1.29, 1.82) is 0 Å². The number of thiocarbonyl (C=S) groups is 1. The van der Waals surface area contributed by atoms with Gasteiger partial charge in [0.2, 0.25) is 0 Å². The molecule has 1 fully saturated rings. The third kappa shape index (κ3) is 6.25. The van der Waals surface area contributed by atoms with Crippen molar-refractivity contribution < 1.29 is 4.79 Å². The summed E-state index contributed by atoms with van der Waals surface area (Å²) in [5.74, 6) is -0.0810. The summed E-state index contributed by atoms with van der Waals surface area (Å²) < 4.78 is 3.70. The van der Waals surface area contributed by atoms with E-state index in [1.165, 1.54) is 39.3 Å². The van der Waals surface area contributed by atoms with Crippen molar-refractivity contribution >= 4 is 78.9 Å². The molecule has 0 aliphatic carbocycles. The van der Waals surface area contributed by atoms with Crippen molar-refractivity contribution in [2.24, 2.45) is 0 Å². The minimum atomic E-state index is -0.0810. The predicted octanol–water partition coefficient (Wildman–Crippen LogP) is 6.70. The highest BCUT2D eigenvalue weighted by molar-refractivity contribution is 8.30. The third-order valence-corrected chi connectivity index (χ3v) is 11.1. The maximum absolute atomic E-state index is 13.7. The summed E-state index contributed by atoms with van der Waals surface area (Å²) in [6.45, 7) is 8.35. The van der Waals surface area contributed by atoms with Gasteiger partial charge in [-0.2, -0.15) is 0 Å². The fourth-order valence-corrected chi connectivity index (χ4v) is 8.74. The van der Waals surface area contributed by atoms with Crippen molar-refractivity contribution in [2.45, 2.75) is 53.0 Å². The third-order valence-electron chi connectivity index (χ3n) is 7.16. The zero-order chi connectivity index (χ0) is 29.6. The number of carbonyl (C=O) groups excluding carboxylic acids is 1. The molecule has 3 heterocycles. The van der Waals surface area contributed by atoms with Gasteiger partial charge in [0.15, 0.2) is 0 Å². The number of thioether (sulfide) groups is 2. The van der Waals surface area contributed by atoms with E-state index in [9.17, 15) is 9.59 Å². The zero-order valence-corrected chi connectivity index (χ0v) is 27.4. The van der Waals surface area contributed by atoms with Gasteiger partial charge in [-0.15, -0.1) is 11.3 Å². The van der Waals surface area contributed by atoms with Crippen LogP contribution in [-0.2, 0) is 11.3 Å². The van der Waals surface area contributed by atoms with Crippen LogP contribution in [-0.4, -0.2) is 37.7 Å². The molecule has 0 N–H and O–H groups in total. The van der Waals surface area contributed by atoms with Gasteiger partial charge in [-0.3, -0.25) is 19.1 Å². The molecule has 1 amide bonds. The molecule has 2 aromatic carbocycles. The largest absolute Gasteiger partial charge is 0.335 e. The van der Waals surface area contributed by atoms with Crippen LogP contribution < -0.4 is 14.8 Å². The minimum Gasteiger partial charge on any atom is -0.335 e. The maximum atomic E-state index is 13.7. The molecule has 2 aliphatic heterocycles. The molecule has 5 rings (SSSR count). The molecular weight excluding hydrogens is 599 g/mol. The van der Waals surface area contributed by atoms with E-state index in [1.54, 1.807) is 21.2 Å². The van der Waals surface area contributed by atoms with Crippen LogP contribution in [0.3, 0.4) is 0 Å². The first kappa shape index (κ1) is 30.6. The van der Waals surface area contributed by atoms with Crippen LogP contribution in [0.5, 0.6) is 0 Å². The fourth-order valence-electron chi connectivity index (χ4n) is 4.95. The smallest absolute Gasteiger partial charge is 0.269 e. The quantitative estimate of drug-likeness (QED) is 0.232. The molecule has 0 bridgehead atoms. The summed E-state index contributed by atoms with van der Waals surface area (Å²) in [6, 6.07) is 20.9. The summed E-state index contributed by atoms with van der Waals surface area (Å²) in [7, 11) is 0. The summed E-state index contributed by atoms with van der Waals surface area (Å²) >= 11 is 10.0. The van der Waals surface area contributed by atoms with Crippen LogP contribution in [0, 0.1) is 0 Å². The van der Waals surface area contributed by atoms with E-state index in [1.807, 2.05) is 18.2 Å². The molecule has 5 nitrogen and oxygen atoms in total. The number of rotatable bonds is 10. The van der Waals surface area contributed by atoms with E-state index in [0.717, 1.165) is 42.8 Å². The lowest BCUT2D eigenvalue weighted by Gasteiger charge is -2.21. The second-order valence-corrected chi connectivity index (χ2v) is 13.7. The lowest BCUT2D eigenvalue weighted by molar-refractivity contribution is -0.120. The Morgan fingerprint density at radius 3 is 2.05 bits per heavy atom. The molecule has 0 atom stereocenters. The number of hydrogen-bond donors (Lipinski definition) is 0. The second kappa shape index (κ2) is 14.1. The van der Waals surface area contributed by atoms with Gasteiger partial charge in [-0.25, -0.2) is 0 Å². The topological polar surface area (TPSA) is 45.6 Å². The predicted molar refractivity (Wildman–Crippen MR) is 185 cm³/mol. The Bertz CT molecular complexity index is 1700. The number of aromatic nitrogens is 1. The van der Waals surface area contributed by atoms with Gasteiger partial charge in [-0.05, 0) is 43.0 Å². The van der Waals surface area contributed by atoms with Crippen LogP contribution >= 0.6 is 47.1 Å². The first-order valence-corrected chi connectivity index (χ1v) is 17.3. The average molecular weight is 634 g/mol. The number of hydrogen-bond acceptors (Lipinski definition) is 7. The summed E-state index contributed by atoms with van der Waals surface area (Å²) in [5.41, 5.74) is 3.45. The lowest BCUT2D eigenvalue weighted by atomic mass is 10.1. The minimum absolute atomic E-state index is 0.0512. The van der Waals surface area contributed by atoms with Crippen molar-refractivity contribution in [3.05, 3.63) is 102 Å². The highest BCUT2D eigenvalue weighted by Gasteiger charge is 2.34. The van der Waals surface area contributed by atoms with E-state index < -0.39 is 0 Å². The Hall–Kier alpha value is -2.85. The Morgan fingerprint density at radius 1 is 0.762 bits per heavy atom. The highest BCUT2D eigenvalue weighted by Crippen LogP contribution is 2.50. The molecule has 3 aromatic rings. The molecule has 9 heteroatoms. The van der Waals surface area contributed by atoms with Gasteiger partial charge >= 0.3 is 0 Å². The summed E-state index contributed by atoms with van der Waals surface area (Å²) in [6.07, 6.45) is 7.69. The van der Waals surface area contributed by atoms with Crippen molar-refractivity contribution in [1.82, 2.24) is 14.4 Å². The SMILES string of the molecule is CCCCN1C(=O)/C(=c2/s/c(=C\C=C3\SC(c4ccccc4)=C(c4ccccc4)N3CC)c(=O)n2CCCC)SC1=S. The zero-order valence-electron chi connectivity index (χ0n) is 24.2. The Balaban J connectivity index is 1.60. The van der Waals surface area contributed by atoms with Crippen LogP contribution in [0.4, 0.5) is 0 Å². The Kier molecular flexibility index (Phi) is 10.3. The number of carbonyl (C=O) groups is 1. The second-order valence-electron chi connectivity index (χ2n) is 10.0. The van der Waals surface area contributed by atoms with E-state index >= 15 is 0 Å². The van der Waals surface area contributed by atoms with E-state index in [0.29, 0.717) is 31.5 Å². The van der Waals surface area contributed by atoms with Crippen molar-refractivity contribution in [3.8, 4) is 0 Å². The molecule has 0 spiro atoms. The number of unbranched alkanes of at least 4 members (excludes halogenated alkanes) is 2. The average Bonchev–Trinajstić information content (AvgIpc) is 3.64. The number of thiazole rings is 1. The monoisotopic (exact) mass is 633 g/mol. The molecule has 218 valence electrons. The number of amides is 1. The van der Waals surface area contributed by atoms with E-state index in [4.69, 9.17) is 12.2 Å². The van der Waals surface area contributed by atoms with Crippen LogP contribution in [0.15, 0.2) is 76.6 Å². The molecule has 0 saturated carbocycles. The molecular formula is C33H35N3O2S4. The maximum Gasteiger partial charge on any atom is 0.269 e. The van der Waals surface area contributed by atoms with Gasteiger partial charge in [0, 0.05) is 24.5 Å². The van der Waals surface area contributed by atoms with Crippen LogP contribution in [0.25, 0.3) is 21.6 Å². The standard InChI is InChI=1S/C33H35N3O2S4/c1-4-7-21-35-30(37)25(40-32(35)29-31(38)36(22-8-5-2)33(39)42-29)19-20-26-34(6-3)27(23-15-11-9-12-16-23)28(41-26)24-17-13-10-14-18-24/h9-20H,4-8,21-22H2,1-3H3/b25-19-,26-20+,32-29-. The molecule has 1 saturated heterocycles. The van der Waals surface area contributed by atoms with Gasteiger partial charge in [0.1, 0.15) is 13.9 Å². The fraction of sp³-hybridized carbons (Fsp3) is 0.303. The van der Waals surface area contributed by atoms with Gasteiger partial charge in [0.25, 0.3) is 11.5 Å². The first-order valence-electron chi connectivity index (χ1n) is 14.5. The number of nitrogens with zero attached hydrogens (tertiary/aromatic N) is 3. The van der Waals surface area contributed by atoms with Gasteiger partial charge < -0.3 is 4.90 Å². The molecule has 42 heavy (non-hydrogen) atoms. The molecule has 1 aromatic heterocycles. The highest BCUT2D eigenvalue weighted by atomic mass is 32.2.